The fourth-order valence-corrected chi connectivity index (χ4v) is 4.41. The molecule has 1 unspecified atom stereocenters. The van der Waals surface area contributed by atoms with Crippen molar-refractivity contribution in [3.63, 3.8) is 0 Å². The standard InChI is InChI=1S/C25H28N2O2/c1-17-20(22-7-3-4-8-24(22)27-17)14-15-26-23-9-5-6-19-16-18(10-12-21(19)23)11-13-25(28)29-2/h3-4,7-8,10-13,16,23,26-27H,5-6,9,14-15H2,1-2H3/b13-11+. The van der Waals surface area contributed by atoms with Crippen molar-refractivity contribution in [2.24, 2.45) is 0 Å². The summed E-state index contributed by atoms with van der Waals surface area (Å²) in [5.74, 6) is -0.324. The molecule has 2 aromatic carbocycles. The van der Waals surface area contributed by atoms with Gasteiger partial charge in [-0.15, -0.1) is 0 Å². The third-order valence-corrected chi connectivity index (χ3v) is 5.89. The zero-order valence-corrected chi connectivity index (χ0v) is 17.1. The average molecular weight is 389 g/mol. The zero-order valence-electron chi connectivity index (χ0n) is 17.1. The summed E-state index contributed by atoms with van der Waals surface area (Å²) in [6.45, 7) is 3.12. The van der Waals surface area contributed by atoms with Gasteiger partial charge in [-0.1, -0.05) is 36.4 Å². The lowest BCUT2D eigenvalue weighted by atomic mass is 9.86. The molecule has 0 spiro atoms. The maximum absolute atomic E-state index is 11.3. The summed E-state index contributed by atoms with van der Waals surface area (Å²) in [5.41, 5.74) is 7.71. The van der Waals surface area contributed by atoms with E-state index in [1.807, 2.05) is 6.08 Å². The first-order valence-electron chi connectivity index (χ1n) is 10.3. The smallest absolute Gasteiger partial charge is 0.330 e. The molecule has 3 aromatic rings. The molecular formula is C25H28N2O2. The van der Waals surface area contributed by atoms with Crippen LogP contribution in [0.1, 0.15) is 46.8 Å². The Morgan fingerprint density at radius 3 is 3.00 bits per heavy atom. The van der Waals surface area contributed by atoms with Gasteiger partial charge in [-0.2, -0.15) is 0 Å². The number of aromatic nitrogens is 1. The predicted molar refractivity (Wildman–Crippen MR) is 118 cm³/mol. The SMILES string of the molecule is COC(=O)/C=C/c1ccc2c(c1)CCCC2NCCc1c(C)[nH]c2ccccc12. The number of para-hydroxylation sites is 1. The summed E-state index contributed by atoms with van der Waals surface area (Å²) in [7, 11) is 1.40. The van der Waals surface area contributed by atoms with E-state index in [1.54, 1.807) is 0 Å². The Morgan fingerprint density at radius 1 is 1.28 bits per heavy atom. The van der Waals surface area contributed by atoms with Gasteiger partial charge in [0.25, 0.3) is 0 Å². The van der Waals surface area contributed by atoms with Crippen LogP contribution < -0.4 is 5.32 Å². The molecule has 0 saturated heterocycles. The minimum atomic E-state index is -0.324. The van der Waals surface area contributed by atoms with Crippen LogP contribution in [0.3, 0.4) is 0 Å². The van der Waals surface area contributed by atoms with E-state index in [9.17, 15) is 4.79 Å². The Hall–Kier alpha value is -2.85. The van der Waals surface area contributed by atoms with E-state index in [0.29, 0.717) is 6.04 Å². The Labute approximate surface area is 172 Å². The molecule has 1 aromatic heterocycles. The maximum Gasteiger partial charge on any atom is 0.330 e. The third-order valence-electron chi connectivity index (χ3n) is 5.89. The summed E-state index contributed by atoms with van der Waals surface area (Å²) >= 11 is 0. The highest BCUT2D eigenvalue weighted by atomic mass is 16.5. The number of aromatic amines is 1. The first kappa shape index (κ1) is 19.5. The number of benzene rings is 2. The second kappa shape index (κ2) is 8.66. The number of H-pyrrole nitrogens is 1. The number of ether oxygens (including phenoxy) is 1. The quantitative estimate of drug-likeness (QED) is 0.468. The van der Waals surface area contributed by atoms with Crippen LogP contribution in [0.5, 0.6) is 0 Å². The maximum atomic E-state index is 11.3. The minimum absolute atomic E-state index is 0.324. The van der Waals surface area contributed by atoms with Gasteiger partial charge in [-0.3, -0.25) is 0 Å². The van der Waals surface area contributed by atoms with Crippen molar-refractivity contribution in [1.29, 1.82) is 0 Å². The summed E-state index contributed by atoms with van der Waals surface area (Å²) in [4.78, 5) is 14.8. The number of hydrogen-bond donors (Lipinski definition) is 2. The van der Waals surface area contributed by atoms with Crippen LogP contribution in [0.25, 0.3) is 17.0 Å². The molecular weight excluding hydrogens is 360 g/mol. The predicted octanol–water partition coefficient (Wildman–Crippen LogP) is 4.87. The van der Waals surface area contributed by atoms with E-state index >= 15 is 0 Å². The molecule has 0 aliphatic heterocycles. The van der Waals surface area contributed by atoms with Crippen molar-refractivity contribution >= 4 is 22.9 Å². The number of fused-ring (bicyclic) bond motifs is 2. The summed E-state index contributed by atoms with van der Waals surface area (Å²) in [6, 6.07) is 15.4. The fourth-order valence-electron chi connectivity index (χ4n) is 4.41. The normalized spacial score (nSPS) is 16.3. The van der Waals surface area contributed by atoms with Gasteiger partial charge in [0.05, 0.1) is 7.11 Å². The van der Waals surface area contributed by atoms with Crippen molar-refractivity contribution in [2.75, 3.05) is 13.7 Å². The monoisotopic (exact) mass is 388 g/mol. The molecule has 150 valence electrons. The van der Waals surface area contributed by atoms with E-state index in [2.05, 4.69) is 64.4 Å². The number of carbonyl (C=O) groups excluding carboxylic acids is 1. The molecule has 1 aliphatic rings. The summed E-state index contributed by atoms with van der Waals surface area (Å²) in [6.07, 6.45) is 7.75. The van der Waals surface area contributed by atoms with Gasteiger partial charge in [-0.05, 0) is 73.5 Å². The topological polar surface area (TPSA) is 54.1 Å². The Morgan fingerprint density at radius 2 is 2.14 bits per heavy atom. The molecule has 0 bridgehead atoms. The third kappa shape index (κ3) is 4.28. The minimum Gasteiger partial charge on any atom is -0.466 e. The van der Waals surface area contributed by atoms with Crippen molar-refractivity contribution in [1.82, 2.24) is 10.3 Å². The van der Waals surface area contributed by atoms with Crippen LogP contribution in [-0.2, 0) is 22.4 Å². The van der Waals surface area contributed by atoms with Crippen LogP contribution in [0.4, 0.5) is 0 Å². The molecule has 29 heavy (non-hydrogen) atoms. The Balaban J connectivity index is 1.44. The number of rotatable bonds is 6. The first-order chi connectivity index (χ1) is 14.2. The van der Waals surface area contributed by atoms with Crippen LogP contribution >= 0.6 is 0 Å². The molecule has 1 heterocycles. The molecule has 2 N–H and O–H groups in total. The number of carbonyl (C=O) groups is 1. The van der Waals surface area contributed by atoms with Gasteiger partial charge in [0.15, 0.2) is 0 Å². The van der Waals surface area contributed by atoms with Crippen molar-refractivity contribution in [3.05, 3.63) is 76.5 Å². The molecule has 4 heteroatoms. The molecule has 4 rings (SSSR count). The number of aryl methyl sites for hydroxylation is 2. The number of esters is 1. The first-order valence-corrected chi connectivity index (χ1v) is 10.3. The van der Waals surface area contributed by atoms with Gasteiger partial charge in [-0.25, -0.2) is 4.79 Å². The van der Waals surface area contributed by atoms with E-state index in [0.717, 1.165) is 31.4 Å². The Bertz CT molecular complexity index is 1050. The average Bonchev–Trinajstić information content (AvgIpc) is 3.07. The fraction of sp³-hybridized carbons (Fsp3) is 0.320. The lowest BCUT2D eigenvalue weighted by Gasteiger charge is -2.27. The second-order valence-electron chi connectivity index (χ2n) is 7.74. The van der Waals surface area contributed by atoms with Gasteiger partial charge < -0.3 is 15.0 Å². The van der Waals surface area contributed by atoms with Crippen LogP contribution in [0, 0.1) is 6.92 Å². The van der Waals surface area contributed by atoms with E-state index in [4.69, 9.17) is 0 Å². The molecule has 4 nitrogen and oxygen atoms in total. The number of nitrogens with one attached hydrogen (secondary N) is 2. The molecule has 0 amide bonds. The zero-order chi connectivity index (χ0) is 20.2. The van der Waals surface area contributed by atoms with E-state index in [1.165, 1.54) is 52.9 Å². The van der Waals surface area contributed by atoms with Gasteiger partial charge in [0.1, 0.15) is 0 Å². The Kier molecular flexibility index (Phi) is 5.81. The summed E-state index contributed by atoms with van der Waals surface area (Å²) < 4.78 is 4.67. The van der Waals surface area contributed by atoms with Gasteiger partial charge in [0, 0.05) is 28.7 Å². The molecule has 0 saturated carbocycles. The van der Waals surface area contributed by atoms with Crippen molar-refractivity contribution in [3.8, 4) is 0 Å². The molecule has 0 fully saturated rings. The number of hydrogen-bond acceptors (Lipinski definition) is 3. The van der Waals surface area contributed by atoms with Gasteiger partial charge in [0.2, 0.25) is 0 Å². The highest BCUT2D eigenvalue weighted by Crippen LogP contribution is 2.31. The van der Waals surface area contributed by atoms with Crippen LogP contribution in [-0.4, -0.2) is 24.6 Å². The van der Waals surface area contributed by atoms with E-state index in [-0.39, 0.29) is 5.97 Å². The van der Waals surface area contributed by atoms with Crippen molar-refractivity contribution in [2.45, 2.75) is 38.6 Å². The van der Waals surface area contributed by atoms with Crippen LogP contribution in [0.2, 0.25) is 0 Å². The van der Waals surface area contributed by atoms with Crippen molar-refractivity contribution < 1.29 is 9.53 Å². The number of methoxy groups -OCH3 is 1. The lowest BCUT2D eigenvalue weighted by molar-refractivity contribution is -0.134. The summed E-state index contributed by atoms with van der Waals surface area (Å²) in [5, 5.41) is 5.11. The molecule has 1 aliphatic carbocycles. The van der Waals surface area contributed by atoms with Gasteiger partial charge >= 0.3 is 5.97 Å². The highest BCUT2D eigenvalue weighted by Gasteiger charge is 2.20. The molecule has 0 radical (unpaired) electrons. The second-order valence-corrected chi connectivity index (χ2v) is 7.74. The van der Waals surface area contributed by atoms with Crippen LogP contribution in [0.15, 0.2) is 48.5 Å². The highest BCUT2D eigenvalue weighted by molar-refractivity contribution is 5.87. The van der Waals surface area contributed by atoms with E-state index < -0.39 is 0 Å². The largest absolute Gasteiger partial charge is 0.466 e. The molecule has 1 atom stereocenters. The lowest BCUT2D eigenvalue weighted by Crippen LogP contribution is -2.27.